The molecule has 20 heavy (non-hydrogen) atoms. The third-order valence-electron chi connectivity index (χ3n) is 3.36. The van der Waals surface area contributed by atoms with E-state index in [9.17, 15) is 12.6 Å². The van der Waals surface area contributed by atoms with Crippen LogP contribution in [0.15, 0.2) is 4.90 Å². The molecule has 0 amide bonds. The normalized spacial score (nSPS) is 18.6. The van der Waals surface area contributed by atoms with E-state index < -0.39 is 20.8 Å². The fraction of sp³-hybridized carbons (Fsp3) is 0.727. The van der Waals surface area contributed by atoms with Crippen molar-refractivity contribution < 1.29 is 17.7 Å². The lowest BCUT2D eigenvalue weighted by molar-refractivity contribution is 0.267. The van der Waals surface area contributed by atoms with Gasteiger partial charge in [0.05, 0.1) is 24.5 Å². The first-order chi connectivity index (χ1) is 9.37. The molecule has 1 aliphatic heterocycles. The van der Waals surface area contributed by atoms with Crippen molar-refractivity contribution in [1.29, 1.82) is 0 Å². The molecule has 0 aromatic carbocycles. The van der Waals surface area contributed by atoms with E-state index in [1.165, 1.54) is 8.99 Å². The molecule has 2 rings (SSSR count). The summed E-state index contributed by atoms with van der Waals surface area (Å²) in [5.41, 5.74) is 0.964. The van der Waals surface area contributed by atoms with Crippen molar-refractivity contribution in [2.24, 2.45) is 0 Å². The molecule has 0 spiro atoms. The van der Waals surface area contributed by atoms with Crippen LogP contribution in [0.4, 0.5) is 0 Å². The van der Waals surface area contributed by atoms with Gasteiger partial charge in [0.2, 0.25) is 10.0 Å². The van der Waals surface area contributed by atoms with E-state index in [4.69, 9.17) is 5.11 Å². The van der Waals surface area contributed by atoms with E-state index in [1.807, 2.05) is 0 Å². The third kappa shape index (κ3) is 2.80. The summed E-state index contributed by atoms with van der Waals surface area (Å²) in [6, 6.07) is 0. The second-order valence-electron chi connectivity index (χ2n) is 4.70. The first-order valence-corrected chi connectivity index (χ1v) is 9.30. The van der Waals surface area contributed by atoms with Crippen molar-refractivity contribution in [3.8, 4) is 0 Å². The maximum atomic E-state index is 12.7. The lowest BCUT2D eigenvalue weighted by atomic mass is 10.4. The van der Waals surface area contributed by atoms with Crippen molar-refractivity contribution in [2.45, 2.75) is 25.3 Å². The average Bonchev–Trinajstić information content (AvgIpc) is 2.66. The van der Waals surface area contributed by atoms with E-state index in [-0.39, 0.29) is 31.1 Å². The monoisotopic (exact) mass is 321 g/mol. The number of aromatic nitrogens is 2. The minimum absolute atomic E-state index is 0.0931. The quantitative estimate of drug-likeness (QED) is 0.787. The third-order valence-corrected chi connectivity index (χ3v) is 6.79. The van der Waals surface area contributed by atoms with Gasteiger partial charge in [-0.15, -0.1) is 0 Å². The van der Waals surface area contributed by atoms with Crippen LogP contribution in [0, 0.1) is 13.8 Å². The van der Waals surface area contributed by atoms with Crippen LogP contribution in [0.25, 0.3) is 0 Å². The molecule has 1 fully saturated rings. The highest BCUT2D eigenvalue weighted by Gasteiger charge is 2.32. The largest absolute Gasteiger partial charge is 0.394 e. The average molecular weight is 321 g/mol. The molecule has 0 unspecified atom stereocenters. The predicted octanol–water partition coefficient (Wildman–Crippen LogP) is -0.755. The summed E-state index contributed by atoms with van der Waals surface area (Å²) in [6.45, 7) is 4.06. The number of nitrogens with zero attached hydrogens (tertiary/aromatic N) is 3. The van der Waals surface area contributed by atoms with Crippen LogP contribution < -0.4 is 0 Å². The molecular weight excluding hydrogens is 302 g/mol. The Kier molecular flexibility index (Phi) is 4.62. The molecule has 0 atom stereocenters. The molecule has 1 aromatic heterocycles. The maximum Gasteiger partial charge on any atom is 0.246 e. The van der Waals surface area contributed by atoms with E-state index in [0.717, 1.165) is 0 Å². The highest BCUT2D eigenvalue weighted by atomic mass is 32.2. The van der Waals surface area contributed by atoms with Crippen LogP contribution >= 0.6 is 0 Å². The lowest BCUT2D eigenvalue weighted by Gasteiger charge is -2.25. The highest BCUT2D eigenvalue weighted by Crippen LogP contribution is 2.24. The Bertz CT molecular complexity index is 614. The van der Waals surface area contributed by atoms with E-state index in [1.54, 1.807) is 13.8 Å². The topological polar surface area (TPSA) is 92.5 Å². The number of hydrogen-bond donors (Lipinski definition) is 1. The van der Waals surface area contributed by atoms with Gasteiger partial charge in [-0.25, -0.2) is 8.42 Å². The number of aliphatic hydroxyl groups is 1. The predicted molar refractivity (Wildman–Crippen MR) is 75.4 cm³/mol. The minimum atomic E-state index is -3.61. The molecular formula is C11H19N3O4S2. The molecule has 1 aliphatic rings. The molecule has 0 bridgehead atoms. The molecule has 1 N–H and O–H groups in total. The Morgan fingerprint density at radius 3 is 2.45 bits per heavy atom. The summed E-state index contributed by atoms with van der Waals surface area (Å²) in [5.74, 6) is 0.754. The molecule has 0 saturated carbocycles. The van der Waals surface area contributed by atoms with Gasteiger partial charge in [0.15, 0.2) is 0 Å². The summed E-state index contributed by atoms with van der Waals surface area (Å²) in [7, 11) is -4.53. The van der Waals surface area contributed by atoms with Crippen LogP contribution in [0.1, 0.15) is 11.4 Å². The Balaban J connectivity index is 2.37. The van der Waals surface area contributed by atoms with Crippen molar-refractivity contribution in [3.63, 3.8) is 0 Å². The van der Waals surface area contributed by atoms with Crippen LogP contribution in [0.2, 0.25) is 0 Å². The Hall–Kier alpha value is -0.770. The van der Waals surface area contributed by atoms with E-state index in [2.05, 4.69) is 5.10 Å². The Morgan fingerprint density at radius 1 is 1.30 bits per heavy atom. The minimum Gasteiger partial charge on any atom is -0.394 e. The molecule has 7 nitrogen and oxygen atoms in total. The summed E-state index contributed by atoms with van der Waals surface area (Å²) in [5, 5.41) is 13.1. The SMILES string of the molecule is Cc1nn(CCO)c(C)c1S(=O)(=O)N1CCS(=O)CC1. The zero-order chi connectivity index (χ0) is 14.9. The number of sulfonamides is 1. The lowest BCUT2D eigenvalue weighted by Crippen LogP contribution is -2.42. The van der Waals surface area contributed by atoms with Crippen LogP contribution in [0.5, 0.6) is 0 Å². The maximum absolute atomic E-state index is 12.7. The van der Waals surface area contributed by atoms with Gasteiger partial charge < -0.3 is 5.11 Å². The van der Waals surface area contributed by atoms with Gasteiger partial charge in [-0.1, -0.05) is 0 Å². The molecule has 2 heterocycles. The molecule has 1 saturated heterocycles. The number of aryl methyl sites for hydroxylation is 1. The van der Waals surface area contributed by atoms with Gasteiger partial charge in [0.1, 0.15) is 4.90 Å². The van der Waals surface area contributed by atoms with Crippen molar-refractivity contribution in [3.05, 3.63) is 11.4 Å². The van der Waals surface area contributed by atoms with Crippen molar-refractivity contribution >= 4 is 20.8 Å². The first kappa shape index (κ1) is 15.6. The van der Waals surface area contributed by atoms with Crippen LogP contribution in [0.3, 0.4) is 0 Å². The molecule has 0 aliphatic carbocycles. The van der Waals surface area contributed by atoms with Gasteiger partial charge in [0.25, 0.3) is 0 Å². The van der Waals surface area contributed by atoms with E-state index in [0.29, 0.717) is 22.9 Å². The zero-order valence-electron chi connectivity index (χ0n) is 11.6. The second-order valence-corrected chi connectivity index (χ2v) is 8.27. The smallest absolute Gasteiger partial charge is 0.246 e. The molecule has 9 heteroatoms. The van der Waals surface area contributed by atoms with Gasteiger partial charge >= 0.3 is 0 Å². The van der Waals surface area contributed by atoms with E-state index >= 15 is 0 Å². The number of rotatable bonds is 4. The Labute approximate surface area is 121 Å². The number of hydrogen-bond acceptors (Lipinski definition) is 5. The van der Waals surface area contributed by atoms with Gasteiger partial charge in [0, 0.05) is 35.4 Å². The van der Waals surface area contributed by atoms with Crippen molar-refractivity contribution in [1.82, 2.24) is 14.1 Å². The summed E-state index contributed by atoms with van der Waals surface area (Å²) >= 11 is 0. The van der Waals surface area contributed by atoms with Crippen LogP contribution in [-0.2, 0) is 27.4 Å². The zero-order valence-corrected chi connectivity index (χ0v) is 13.2. The fourth-order valence-corrected chi connectivity index (χ4v) is 5.45. The standard InChI is InChI=1S/C11H19N3O4S2/c1-9-11(10(2)14(12-9)3-6-15)20(17,18)13-4-7-19(16)8-5-13/h15H,3-8H2,1-2H3. The number of aliphatic hydroxyl groups excluding tert-OH is 1. The van der Waals surface area contributed by atoms with Crippen molar-refractivity contribution in [2.75, 3.05) is 31.2 Å². The highest BCUT2D eigenvalue weighted by molar-refractivity contribution is 7.89. The molecule has 0 radical (unpaired) electrons. The summed E-state index contributed by atoms with van der Waals surface area (Å²) in [6.07, 6.45) is 0. The van der Waals surface area contributed by atoms with Gasteiger partial charge in [-0.2, -0.15) is 9.40 Å². The summed E-state index contributed by atoms with van der Waals surface area (Å²) in [4.78, 5) is 0.207. The van der Waals surface area contributed by atoms with Crippen LogP contribution in [-0.4, -0.2) is 63.0 Å². The fourth-order valence-electron chi connectivity index (χ4n) is 2.36. The second kappa shape index (κ2) is 5.92. The summed E-state index contributed by atoms with van der Waals surface area (Å²) < 4.78 is 39.5. The molecule has 1 aromatic rings. The van der Waals surface area contributed by atoms with Gasteiger partial charge in [-0.05, 0) is 13.8 Å². The van der Waals surface area contributed by atoms with Gasteiger partial charge in [-0.3, -0.25) is 8.89 Å². The molecule has 114 valence electrons. The first-order valence-electron chi connectivity index (χ1n) is 6.38. The Morgan fingerprint density at radius 2 is 1.90 bits per heavy atom.